The Bertz CT molecular complexity index is 1420. The maximum Gasteiger partial charge on any atom is 0.276 e. The molecular weight excluding hydrogens is 500 g/mol. The van der Waals surface area contributed by atoms with Gasteiger partial charge >= 0.3 is 0 Å². The molecule has 0 radical (unpaired) electrons. The van der Waals surface area contributed by atoms with Crippen molar-refractivity contribution in [1.82, 2.24) is 20.2 Å². The maximum absolute atomic E-state index is 12.3. The van der Waals surface area contributed by atoms with E-state index in [1.165, 1.54) is 30.1 Å². The van der Waals surface area contributed by atoms with Crippen LogP contribution in [0.2, 0.25) is 5.02 Å². The Morgan fingerprint density at radius 3 is 2.53 bits per heavy atom. The molecule has 0 fully saturated rings. The van der Waals surface area contributed by atoms with Gasteiger partial charge in [-0.1, -0.05) is 53.7 Å². The number of nitro benzene ring substituents is 1. The molecule has 1 heterocycles. The number of hydrazone groups is 1. The Hall–Kier alpha value is -4.28. The highest BCUT2D eigenvalue weighted by atomic mass is 35.5. The molecular formula is C25H19ClN6O3S. The fraction of sp³-hybridized carbons (Fsp3) is 0.0400. The molecule has 0 unspecified atom stereocenters. The van der Waals surface area contributed by atoms with E-state index in [0.29, 0.717) is 21.6 Å². The lowest BCUT2D eigenvalue weighted by Gasteiger charge is -2.10. The van der Waals surface area contributed by atoms with E-state index in [-0.39, 0.29) is 17.3 Å². The number of benzene rings is 3. The summed E-state index contributed by atoms with van der Waals surface area (Å²) in [6, 6.07) is 23.2. The van der Waals surface area contributed by atoms with Gasteiger partial charge in [-0.25, -0.2) is 5.43 Å². The van der Waals surface area contributed by atoms with Crippen molar-refractivity contribution in [3.63, 3.8) is 0 Å². The van der Waals surface area contributed by atoms with Crippen molar-refractivity contribution < 1.29 is 9.72 Å². The lowest BCUT2D eigenvalue weighted by Crippen LogP contribution is -2.19. The first-order valence-electron chi connectivity index (χ1n) is 10.6. The van der Waals surface area contributed by atoms with E-state index in [2.05, 4.69) is 20.7 Å². The number of halogens is 1. The Labute approximate surface area is 215 Å². The summed E-state index contributed by atoms with van der Waals surface area (Å²) in [5.41, 5.74) is 4.55. The first-order valence-corrected chi connectivity index (χ1v) is 12.0. The Morgan fingerprint density at radius 1 is 1.06 bits per heavy atom. The third-order valence-corrected chi connectivity index (χ3v) is 6.02. The summed E-state index contributed by atoms with van der Waals surface area (Å²) < 4.78 is 1.87. The highest BCUT2D eigenvalue weighted by molar-refractivity contribution is 7.99. The second-order valence-electron chi connectivity index (χ2n) is 7.26. The van der Waals surface area contributed by atoms with Crippen molar-refractivity contribution in [1.29, 1.82) is 0 Å². The number of nitro groups is 1. The van der Waals surface area contributed by atoms with Gasteiger partial charge in [0.25, 0.3) is 11.6 Å². The van der Waals surface area contributed by atoms with Crippen molar-refractivity contribution in [2.75, 3.05) is 5.75 Å². The number of thioether (sulfide) groups is 1. The predicted octanol–water partition coefficient (Wildman–Crippen LogP) is 5.40. The van der Waals surface area contributed by atoms with Crippen LogP contribution in [0.5, 0.6) is 0 Å². The van der Waals surface area contributed by atoms with Gasteiger partial charge in [-0.05, 0) is 54.6 Å². The fourth-order valence-corrected chi connectivity index (χ4v) is 4.09. The van der Waals surface area contributed by atoms with Gasteiger partial charge in [0, 0.05) is 28.6 Å². The van der Waals surface area contributed by atoms with E-state index in [0.717, 1.165) is 11.3 Å². The zero-order valence-electron chi connectivity index (χ0n) is 18.7. The van der Waals surface area contributed by atoms with Gasteiger partial charge in [0.05, 0.1) is 16.2 Å². The molecule has 9 nitrogen and oxygen atoms in total. The van der Waals surface area contributed by atoms with Crippen molar-refractivity contribution in [3.05, 3.63) is 106 Å². The lowest BCUT2D eigenvalue weighted by molar-refractivity contribution is -0.385. The number of rotatable bonds is 9. The maximum atomic E-state index is 12.3. The van der Waals surface area contributed by atoms with Gasteiger partial charge in [-0.3, -0.25) is 19.5 Å². The van der Waals surface area contributed by atoms with E-state index in [4.69, 9.17) is 11.6 Å². The molecule has 11 heteroatoms. The van der Waals surface area contributed by atoms with Gasteiger partial charge in [-0.15, -0.1) is 10.2 Å². The second-order valence-corrected chi connectivity index (χ2v) is 8.64. The van der Waals surface area contributed by atoms with Crippen LogP contribution in [-0.2, 0) is 4.79 Å². The molecule has 1 N–H and O–H groups in total. The number of allylic oxidation sites excluding steroid dienone is 1. The lowest BCUT2D eigenvalue weighted by atomic mass is 10.2. The average molecular weight is 519 g/mol. The molecule has 0 aliphatic heterocycles. The normalized spacial score (nSPS) is 11.2. The van der Waals surface area contributed by atoms with Crippen LogP contribution in [0.15, 0.2) is 95.2 Å². The first kappa shape index (κ1) is 24.8. The molecule has 0 saturated heterocycles. The number of carbonyl (C=O) groups is 1. The van der Waals surface area contributed by atoms with Crippen molar-refractivity contribution in [2.45, 2.75) is 5.16 Å². The van der Waals surface area contributed by atoms with Crippen LogP contribution >= 0.6 is 23.4 Å². The van der Waals surface area contributed by atoms with E-state index in [1.807, 2.05) is 47.0 Å². The number of nitrogens with zero attached hydrogens (tertiary/aromatic N) is 5. The average Bonchev–Trinajstić information content (AvgIpc) is 3.32. The van der Waals surface area contributed by atoms with Crippen LogP contribution in [0.4, 0.5) is 5.69 Å². The topological polar surface area (TPSA) is 115 Å². The van der Waals surface area contributed by atoms with Gasteiger partial charge < -0.3 is 0 Å². The molecule has 4 aromatic rings. The monoisotopic (exact) mass is 518 g/mol. The fourth-order valence-electron chi connectivity index (χ4n) is 3.22. The van der Waals surface area contributed by atoms with Crippen LogP contribution in [0.3, 0.4) is 0 Å². The van der Waals surface area contributed by atoms with Crippen LogP contribution in [0.1, 0.15) is 5.56 Å². The van der Waals surface area contributed by atoms with Gasteiger partial charge in [0.2, 0.25) is 0 Å². The van der Waals surface area contributed by atoms with E-state index in [1.54, 1.807) is 36.4 Å². The Kier molecular flexibility index (Phi) is 8.22. The van der Waals surface area contributed by atoms with Crippen LogP contribution < -0.4 is 5.43 Å². The summed E-state index contributed by atoms with van der Waals surface area (Å²) in [7, 11) is 0. The molecule has 0 aliphatic carbocycles. The summed E-state index contributed by atoms with van der Waals surface area (Å²) in [5.74, 6) is 0.335. The van der Waals surface area contributed by atoms with Crippen LogP contribution in [0, 0.1) is 10.1 Å². The van der Waals surface area contributed by atoms with Gasteiger partial charge in [0.1, 0.15) is 0 Å². The second kappa shape index (κ2) is 11.9. The highest BCUT2D eigenvalue weighted by Crippen LogP contribution is 2.28. The molecule has 0 saturated carbocycles. The standard InChI is InChI=1S/C25H19ClN6O3S/c26-20-14-12-19(13-15-20)24-29-30-25(31(24)21-9-2-1-3-10-21)36-17-23(33)28-27-16-6-8-18-7-4-5-11-22(18)32(34)35/h1-16H,17H2,(H,28,33)/b8-6+,27-16-. The highest BCUT2D eigenvalue weighted by Gasteiger charge is 2.17. The number of para-hydroxylation sites is 2. The van der Waals surface area contributed by atoms with Crippen molar-refractivity contribution in [2.24, 2.45) is 5.10 Å². The SMILES string of the molecule is O=C(CSc1nnc(-c2ccc(Cl)cc2)n1-c1ccccc1)N/N=C\C=C\c1ccccc1[N+](=O)[O-]. The molecule has 1 aromatic heterocycles. The van der Waals surface area contributed by atoms with E-state index in [9.17, 15) is 14.9 Å². The third kappa shape index (κ3) is 6.23. The molecule has 180 valence electrons. The summed E-state index contributed by atoms with van der Waals surface area (Å²) in [5, 5.41) is 24.7. The predicted molar refractivity (Wildman–Crippen MR) is 141 cm³/mol. The number of carbonyl (C=O) groups excluding carboxylic acids is 1. The minimum Gasteiger partial charge on any atom is -0.272 e. The molecule has 0 atom stereocenters. The number of amides is 1. The number of hydrogen-bond acceptors (Lipinski definition) is 7. The number of nitrogens with one attached hydrogen (secondary N) is 1. The molecule has 0 spiro atoms. The molecule has 4 rings (SSSR count). The van der Waals surface area contributed by atoms with Gasteiger partial charge in [0.15, 0.2) is 11.0 Å². The van der Waals surface area contributed by atoms with E-state index < -0.39 is 4.92 Å². The van der Waals surface area contributed by atoms with E-state index >= 15 is 0 Å². The number of hydrogen-bond donors (Lipinski definition) is 1. The minimum absolute atomic E-state index is 0.0110. The largest absolute Gasteiger partial charge is 0.276 e. The van der Waals surface area contributed by atoms with Crippen LogP contribution in [0.25, 0.3) is 23.2 Å². The molecule has 0 aliphatic rings. The Morgan fingerprint density at radius 2 is 1.78 bits per heavy atom. The molecule has 0 bridgehead atoms. The molecule has 1 amide bonds. The number of aromatic nitrogens is 3. The first-order chi connectivity index (χ1) is 17.5. The zero-order valence-corrected chi connectivity index (χ0v) is 20.3. The smallest absolute Gasteiger partial charge is 0.272 e. The van der Waals surface area contributed by atoms with Crippen molar-refractivity contribution in [3.8, 4) is 17.1 Å². The van der Waals surface area contributed by atoms with Gasteiger partial charge in [-0.2, -0.15) is 5.10 Å². The summed E-state index contributed by atoms with van der Waals surface area (Å²) in [4.78, 5) is 22.9. The summed E-state index contributed by atoms with van der Waals surface area (Å²) in [6.45, 7) is 0. The minimum atomic E-state index is -0.456. The summed E-state index contributed by atoms with van der Waals surface area (Å²) in [6.07, 6.45) is 4.41. The van der Waals surface area contributed by atoms with Crippen LogP contribution in [-0.4, -0.2) is 37.6 Å². The summed E-state index contributed by atoms with van der Waals surface area (Å²) >= 11 is 7.24. The quantitative estimate of drug-likeness (QED) is 0.137. The molecule has 36 heavy (non-hydrogen) atoms. The Balaban J connectivity index is 1.42. The molecule has 3 aromatic carbocycles. The zero-order chi connectivity index (χ0) is 25.3. The third-order valence-electron chi connectivity index (χ3n) is 4.84. The van der Waals surface area contributed by atoms with Crippen molar-refractivity contribution >= 4 is 47.2 Å².